The predicted molar refractivity (Wildman–Crippen MR) is 101 cm³/mol. The topological polar surface area (TPSA) is 68.0 Å². The highest BCUT2D eigenvalue weighted by atomic mass is 35.5. The first-order valence-corrected chi connectivity index (χ1v) is 8.68. The van der Waals surface area contributed by atoms with E-state index >= 15 is 0 Å². The summed E-state index contributed by atoms with van der Waals surface area (Å²) in [7, 11) is 0. The Labute approximate surface area is 157 Å². The number of anilines is 3. The van der Waals surface area contributed by atoms with E-state index in [0.717, 1.165) is 11.3 Å². The van der Waals surface area contributed by atoms with Crippen molar-refractivity contribution in [2.45, 2.75) is 0 Å². The summed E-state index contributed by atoms with van der Waals surface area (Å²) in [6, 6.07) is 12.0. The molecule has 4 nitrogen and oxygen atoms in total. The Bertz CT molecular complexity index is 889. The highest BCUT2D eigenvalue weighted by Crippen LogP contribution is 2.37. The minimum Gasteiger partial charge on any atom is -0.382 e. The number of hydrogen-bond donors (Lipinski definition) is 2. The fraction of sp³-hybridized carbons (Fsp3) is 0. The first kappa shape index (κ1) is 17.0. The Balaban J connectivity index is 1.92. The van der Waals surface area contributed by atoms with Crippen LogP contribution in [0, 0.1) is 0 Å². The average molecular weight is 399 g/mol. The molecule has 0 spiro atoms. The van der Waals surface area contributed by atoms with Crippen LogP contribution in [0.1, 0.15) is 15.2 Å². The molecule has 0 aliphatic heterocycles. The molecule has 0 atom stereocenters. The second-order valence-electron chi connectivity index (χ2n) is 4.80. The largest absolute Gasteiger partial charge is 0.382 e. The summed E-state index contributed by atoms with van der Waals surface area (Å²) in [5.74, 6) is -0.0375. The number of nitrogens with zero attached hydrogens (tertiary/aromatic N) is 1. The van der Waals surface area contributed by atoms with Gasteiger partial charge < -0.3 is 11.1 Å². The third-order valence-electron chi connectivity index (χ3n) is 3.13. The molecule has 0 bridgehead atoms. The van der Waals surface area contributed by atoms with Gasteiger partial charge in [-0.1, -0.05) is 76.5 Å². The van der Waals surface area contributed by atoms with Gasteiger partial charge in [-0.05, 0) is 12.1 Å². The molecule has 0 unspecified atom stereocenters. The van der Waals surface area contributed by atoms with E-state index in [9.17, 15) is 4.79 Å². The summed E-state index contributed by atoms with van der Waals surface area (Å²) < 4.78 is 0. The van der Waals surface area contributed by atoms with Crippen molar-refractivity contribution in [3.63, 3.8) is 0 Å². The minimum absolute atomic E-state index is 0.151. The van der Waals surface area contributed by atoms with Gasteiger partial charge in [0.1, 0.15) is 10.7 Å². The van der Waals surface area contributed by atoms with E-state index in [-0.39, 0.29) is 11.6 Å². The number of thiazole rings is 1. The average Bonchev–Trinajstić information content (AvgIpc) is 2.91. The Morgan fingerprint density at radius 3 is 2.33 bits per heavy atom. The monoisotopic (exact) mass is 397 g/mol. The lowest BCUT2D eigenvalue weighted by Gasteiger charge is -2.08. The maximum absolute atomic E-state index is 12.5. The molecule has 0 fully saturated rings. The predicted octanol–water partition coefficient (Wildman–Crippen LogP) is 5.66. The molecule has 3 rings (SSSR count). The summed E-state index contributed by atoms with van der Waals surface area (Å²) in [6.07, 6.45) is 0. The molecule has 0 saturated heterocycles. The van der Waals surface area contributed by atoms with Gasteiger partial charge in [0.05, 0.1) is 15.7 Å². The number of nitrogens with two attached hydrogens (primary N) is 1. The molecule has 1 aromatic heterocycles. The fourth-order valence-electron chi connectivity index (χ4n) is 2.04. The van der Waals surface area contributed by atoms with E-state index < -0.39 is 0 Å². The van der Waals surface area contributed by atoms with Crippen molar-refractivity contribution in [3.05, 3.63) is 68.0 Å². The van der Waals surface area contributed by atoms with Crippen LogP contribution in [0.4, 0.5) is 16.6 Å². The fourth-order valence-corrected chi connectivity index (χ4v) is 3.80. The molecular weight excluding hydrogens is 389 g/mol. The number of carbonyl (C=O) groups is 1. The van der Waals surface area contributed by atoms with Gasteiger partial charge in [0.15, 0.2) is 5.13 Å². The molecule has 24 heavy (non-hydrogen) atoms. The van der Waals surface area contributed by atoms with E-state index in [0.29, 0.717) is 36.3 Å². The van der Waals surface area contributed by atoms with Crippen molar-refractivity contribution in [1.29, 1.82) is 0 Å². The van der Waals surface area contributed by atoms with Crippen LogP contribution in [0.2, 0.25) is 15.1 Å². The molecule has 0 amide bonds. The second-order valence-corrected chi connectivity index (χ2v) is 7.05. The maximum atomic E-state index is 12.5. The quantitative estimate of drug-likeness (QED) is 0.556. The van der Waals surface area contributed by atoms with Crippen LogP contribution < -0.4 is 11.1 Å². The van der Waals surface area contributed by atoms with E-state index in [1.165, 1.54) is 0 Å². The number of carbonyl (C=O) groups excluding carboxylic acids is 1. The highest BCUT2D eigenvalue weighted by Gasteiger charge is 2.19. The van der Waals surface area contributed by atoms with Gasteiger partial charge in [0.2, 0.25) is 5.78 Å². The Morgan fingerprint density at radius 1 is 1.08 bits per heavy atom. The van der Waals surface area contributed by atoms with Crippen LogP contribution in [0.5, 0.6) is 0 Å². The Morgan fingerprint density at radius 2 is 1.71 bits per heavy atom. The van der Waals surface area contributed by atoms with Gasteiger partial charge in [-0.3, -0.25) is 4.79 Å². The van der Waals surface area contributed by atoms with Crippen molar-refractivity contribution < 1.29 is 4.79 Å². The highest BCUT2D eigenvalue weighted by molar-refractivity contribution is 7.18. The zero-order valence-corrected chi connectivity index (χ0v) is 15.1. The first-order valence-electron chi connectivity index (χ1n) is 6.73. The standard InChI is InChI=1S/C16H10Cl3N3OS/c17-9-6-10(18)12(11(19)7-9)21-16-22-15(20)14(24-16)13(23)8-4-2-1-3-5-8/h1-7H,20H2,(H,21,22). The first-order chi connectivity index (χ1) is 11.5. The molecule has 122 valence electrons. The van der Waals surface area contributed by atoms with Gasteiger partial charge in [0, 0.05) is 10.6 Å². The van der Waals surface area contributed by atoms with Gasteiger partial charge in [-0.2, -0.15) is 0 Å². The van der Waals surface area contributed by atoms with E-state index in [4.69, 9.17) is 40.5 Å². The zero-order valence-electron chi connectivity index (χ0n) is 12.0. The number of hydrogen-bond acceptors (Lipinski definition) is 5. The van der Waals surface area contributed by atoms with Gasteiger partial charge in [-0.25, -0.2) is 4.98 Å². The number of nitrogen functional groups attached to an aromatic ring is 1. The summed E-state index contributed by atoms with van der Waals surface area (Å²) in [5.41, 5.74) is 6.88. The van der Waals surface area contributed by atoms with Crippen LogP contribution in [0.15, 0.2) is 42.5 Å². The lowest BCUT2D eigenvalue weighted by atomic mass is 10.1. The zero-order chi connectivity index (χ0) is 17.3. The molecule has 0 aliphatic carbocycles. The maximum Gasteiger partial charge on any atom is 0.206 e. The van der Waals surface area contributed by atoms with E-state index in [1.54, 1.807) is 36.4 Å². The minimum atomic E-state index is -0.188. The van der Waals surface area contributed by atoms with Gasteiger partial charge in [0.25, 0.3) is 0 Å². The van der Waals surface area contributed by atoms with E-state index in [1.807, 2.05) is 6.07 Å². The van der Waals surface area contributed by atoms with Gasteiger partial charge >= 0.3 is 0 Å². The number of halogens is 3. The third kappa shape index (κ3) is 3.49. The van der Waals surface area contributed by atoms with Crippen molar-refractivity contribution >= 4 is 68.6 Å². The van der Waals surface area contributed by atoms with Crippen LogP contribution in [0.25, 0.3) is 0 Å². The van der Waals surface area contributed by atoms with Crippen LogP contribution in [0.3, 0.4) is 0 Å². The molecule has 3 aromatic rings. The third-order valence-corrected chi connectivity index (χ3v) is 4.93. The summed E-state index contributed by atoms with van der Waals surface area (Å²) in [6.45, 7) is 0. The van der Waals surface area contributed by atoms with Crippen molar-refractivity contribution in [1.82, 2.24) is 4.98 Å². The molecule has 1 heterocycles. The normalized spacial score (nSPS) is 10.6. The second kappa shape index (κ2) is 6.99. The summed E-state index contributed by atoms with van der Waals surface area (Å²) in [5, 5.41) is 4.52. The van der Waals surface area contributed by atoms with Gasteiger partial charge in [-0.15, -0.1) is 0 Å². The van der Waals surface area contributed by atoms with Crippen LogP contribution in [-0.2, 0) is 0 Å². The Hall–Kier alpha value is -1.79. The molecule has 0 aliphatic rings. The molecule has 0 saturated carbocycles. The number of aromatic nitrogens is 1. The van der Waals surface area contributed by atoms with Crippen molar-refractivity contribution in [2.75, 3.05) is 11.1 Å². The van der Waals surface area contributed by atoms with Crippen LogP contribution in [-0.4, -0.2) is 10.8 Å². The molecule has 0 radical (unpaired) electrons. The lowest BCUT2D eigenvalue weighted by Crippen LogP contribution is -2.02. The number of ketones is 1. The Kier molecular flexibility index (Phi) is 4.96. The summed E-state index contributed by atoms with van der Waals surface area (Å²) in [4.78, 5) is 17.0. The number of benzene rings is 2. The summed E-state index contributed by atoms with van der Waals surface area (Å²) >= 11 is 19.3. The molecule has 8 heteroatoms. The molecule has 2 aromatic carbocycles. The van der Waals surface area contributed by atoms with Crippen molar-refractivity contribution in [3.8, 4) is 0 Å². The van der Waals surface area contributed by atoms with Crippen molar-refractivity contribution in [2.24, 2.45) is 0 Å². The smallest absolute Gasteiger partial charge is 0.206 e. The van der Waals surface area contributed by atoms with E-state index in [2.05, 4.69) is 10.3 Å². The molecular formula is C16H10Cl3N3OS. The molecule has 3 N–H and O–H groups in total. The lowest BCUT2D eigenvalue weighted by molar-refractivity contribution is 0.104. The number of nitrogens with one attached hydrogen (secondary N) is 1. The SMILES string of the molecule is Nc1nc(Nc2c(Cl)cc(Cl)cc2Cl)sc1C(=O)c1ccccc1. The van der Waals surface area contributed by atoms with Crippen LogP contribution >= 0.6 is 46.1 Å². The number of rotatable bonds is 4.